The molecule has 1 aliphatic rings. The van der Waals surface area contributed by atoms with Crippen LogP contribution in [0, 0.1) is 5.41 Å². The molecule has 1 aliphatic heterocycles. The van der Waals surface area contributed by atoms with Gasteiger partial charge in [0.25, 0.3) is 0 Å². The van der Waals surface area contributed by atoms with Crippen LogP contribution in [0.5, 0.6) is 0 Å². The first-order valence-corrected chi connectivity index (χ1v) is 6.26. The van der Waals surface area contributed by atoms with Crippen molar-refractivity contribution >= 4 is 22.4 Å². The van der Waals surface area contributed by atoms with Gasteiger partial charge in [0.05, 0.1) is 5.03 Å². The highest BCUT2D eigenvalue weighted by Crippen LogP contribution is 2.35. The van der Waals surface area contributed by atoms with Gasteiger partial charge >= 0.3 is 0 Å². The van der Waals surface area contributed by atoms with Crippen LogP contribution in [-0.2, 0) is 0 Å². The Kier molecular flexibility index (Phi) is 2.51. The minimum atomic E-state index is 0.100. The van der Waals surface area contributed by atoms with E-state index in [2.05, 4.69) is 48.7 Å². The molecule has 0 atom stereocenters. The Bertz CT molecular complexity index is 438. The summed E-state index contributed by atoms with van der Waals surface area (Å²) in [5, 5.41) is 1.25. The third-order valence-electron chi connectivity index (χ3n) is 2.52. The van der Waals surface area contributed by atoms with E-state index in [1.165, 1.54) is 10.6 Å². The zero-order valence-electron chi connectivity index (χ0n) is 9.61. The first-order valence-electron chi connectivity index (χ1n) is 5.04. The van der Waals surface area contributed by atoms with Crippen molar-refractivity contribution in [3.63, 3.8) is 0 Å². The van der Waals surface area contributed by atoms with E-state index < -0.39 is 0 Å². The molecule has 0 aromatic carbocycles. The molecular formula is C12H16N2S. The summed E-state index contributed by atoms with van der Waals surface area (Å²) in [5.74, 6) is 1.06. The number of allylic oxidation sites excluding steroid dienone is 3. The Labute approximate surface area is 95.1 Å². The van der Waals surface area contributed by atoms with E-state index in [1.54, 1.807) is 11.8 Å². The fourth-order valence-electron chi connectivity index (χ4n) is 1.98. The Morgan fingerprint density at radius 1 is 1.33 bits per heavy atom. The third kappa shape index (κ3) is 1.88. The zero-order chi connectivity index (χ0) is 11.1. The van der Waals surface area contributed by atoms with Gasteiger partial charge < -0.3 is 0 Å². The smallest absolute Gasteiger partial charge is 0.140 e. The van der Waals surface area contributed by atoms with Crippen molar-refractivity contribution in [2.75, 3.05) is 6.26 Å². The maximum Gasteiger partial charge on any atom is 0.140 e. The van der Waals surface area contributed by atoms with Crippen molar-refractivity contribution in [2.24, 2.45) is 5.41 Å². The van der Waals surface area contributed by atoms with Gasteiger partial charge in [-0.2, -0.15) is 0 Å². The predicted octanol–water partition coefficient (Wildman–Crippen LogP) is 3.49. The van der Waals surface area contributed by atoms with Gasteiger partial charge in [0.1, 0.15) is 5.82 Å². The van der Waals surface area contributed by atoms with Gasteiger partial charge in [0.15, 0.2) is 0 Å². The van der Waals surface area contributed by atoms with Gasteiger partial charge in [-0.15, -0.1) is 11.8 Å². The van der Waals surface area contributed by atoms with E-state index >= 15 is 0 Å². The standard InChI is InChI=1S/C12H16N2S/c1-9-7-12(2,3)8-10(15-4)14-6-5-13-11(9)14/h5-8H,1-4H3. The largest absolute Gasteiger partial charge is 0.295 e. The van der Waals surface area contributed by atoms with Crippen LogP contribution in [0.1, 0.15) is 26.6 Å². The Hall–Kier alpha value is -0.960. The van der Waals surface area contributed by atoms with E-state index in [1.807, 2.05) is 12.4 Å². The van der Waals surface area contributed by atoms with Crippen LogP contribution in [0.25, 0.3) is 10.6 Å². The highest BCUT2D eigenvalue weighted by Gasteiger charge is 2.20. The molecule has 0 amide bonds. The van der Waals surface area contributed by atoms with Crippen LogP contribution in [0.4, 0.5) is 0 Å². The summed E-state index contributed by atoms with van der Waals surface area (Å²) in [7, 11) is 0. The number of hydrogen-bond acceptors (Lipinski definition) is 2. The molecular weight excluding hydrogens is 204 g/mol. The zero-order valence-corrected chi connectivity index (χ0v) is 10.4. The second kappa shape index (κ2) is 3.56. The normalized spacial score (nSPS) is 18.9. The second-order valence-electron chi connectivity index (χ2n) is 4.46. The number of aromatic nitrogens is 2. The Morgan fingerprint density at radius 2 is 2.07 bits per heavy atom. The summed E-state index contributed by atoms with van der Waals surface area (Å²) < 4.78 is 2.16. The number of thioether (sulfide) groups is 1. The molecule has 0 N–H and O–H groups in total. The van der Waals surface area contributed by atoms with Gasteiger partial charge in [0.2, 0.25) is 0 Å². The lowest BCUT2D eigenvalue weighted by molar-refractivity contribution is 0.630. The quantitative estimate of drug-likeness (QED) is 0.721. The van der Waals surface area contributed by atoms with Crippen molar-refractivity contribution < 1.29 is 0 Å². The summed E-state index contributed by atoms with van der Waals surface area (Å²) in [6.07, 6.45) is 10.5. The lowest BCUT2D eigenvalue weighted by Crippen LogP contribution is -2.03. The lowest BCUT2D eigenvalue weighted by Gasteiger charge is -2.15. The van der Waals surface area contributed by atoms with Gasteiger partial charge in [-0.05, 0) is 24.8 Å². The predicted molar refractivity (Wildman–Crippen MR) is 67.4 cm³/mol. The van der Waals surface area contributed by atoms with Gasteiger partial charge in [-0.1, -0.05) is 19.9 Å². The SMILES string of the molecule is CSC1=CC(C)(C)C=C(C)c2nccn21. The molecule has 0 spiro atoms. The molecule has 0 saturated heterocycles. The molecule has 1 aromatic rings. The molecule has 15 heavy (non-hydrogen) atoms. The van der Waals surface area contributed by atoms with Gasteiger partial charge in [0, 0.05) is 17.8 Å². The monoisotopic (exact) mass is 220 g/mol. The molecule has 0 aliphatic carbocycles. The molecule has 0 unspecified atom stereocenters. The lowest BCUT2D eigenvalue weighted by atomic mass is 9.91. The highest BCUT2D eigenvalue weighted by atomic mass is 32.2. The highest BCUT2D eigenvalue weighted by molar-refractivity contribution is 8.07. The van der Waals surface area contributed by atoms with Crippen molar-refractivity contribution in [1.82, 2.24) is 9.55 Å². The minimum Gasteiger partial charge on any atom is -0.295 e. The fourth-order valence-corrected chi connectivity index (χ4v) is 2.75. The van der Waals surface area contributed by atoms with Crippen LogP contribution in [0.15, 0.2) is 24.5 Å². The molecule has 2 nitrogen and oxygen atoms in total. The molecule has 2 heterocycles. The van der Waals surface area contributed by atoms with Crippen molar-refractivity contribution in [3.05, 3.63) is 30.4 Å². The van der Waals surface area contributed by atoms with Gasteiger partial charge in [-0.3, -0.25) is 4.57 Å². The number of fused-ring (bicyclic) bond motifs is 1. The Balaban J connectivity index is 2.63. The topological polar surface area (TPSA) is 17.8 Å². The second-order valence-corrected chi connectivity index (χ2v) is 5.28. The molecule has 3 heteroatoms. The van der Waals surface area contributed by atoms with Crippen LogP contribution in [-0.4, -0.2) is 15.8 Å². The third-order valence-corrected chi connectivity index (χ3v) is 3.26. The number of imidazole rings is 1. The first kappa shape index (κ1) is 10.6. The molecule has 2 rings (SSSR count). The molecule has 80 valence electrons. The Morgan fingerprint density at radius 3 is 2.73 bits per heavy atom. The van der Waals surface area contributed by atoms with Crippen LogP contribution in [0.2, 0.25) is 0 Å². The average Bonchev–Trinajstić information content (AvgIpc) is 2.58. The van der Waals surface area contributed by atoms with E-state index in [0.29, 0.717) is 0 Å². The molecule has 1 aromatic heterocycles. The van der Waals surface area contributed by atoms with Gasteiger partial charge in [-0.25, -0.2) is 4.98 Å². The van der Waals surface area contributed by atoms with E-state index in [9.17, 15) is 0 Å². The van der Waals surface area contributed by atoms with Crippen molar-refractivity contribution in [3.8, 4) is 0 Å². The number of hydrogen-bond donors (Lipinski definition) is 0. The van der Waals surface area contributed by atoms with Crippen molar-refractivity contribution in [1.29, 1.82) is 0 Å². The number of rotatable bonds is 1. The molecule has 0 fully saturated rings. The first-order chi connectivity index (χ1) is 7.03. The minimum absolute atomic E-state index is 0.100. The maximum atomic E-state index is 4.40. The van der Waals surface area contributed by atoms with E-state index in [-0.39, 0.29) is 5.41 Å². The van der Waals surface area contributed by atoms with Crippen LogP contribution >= 0.6 is 11.8 Å². The van der Waals surface area contributed by atoms with Crippen molar-refractivity contribution in [2.45, 2.75) is 20.8 Å². The number of nitrogens with zero attached hydrogens (tertiary/aromatic N) is 2. The van der Waals surface area contributed by atoms with Crippen LogP contribution in [0.3, 0.4) is 0 Å². The summed E-state index contributed by atoms with van der Waals surface area (Å²) in [5.41, 5.74) is 1.34. The molecule has 0 saturated carbocycles. The van der Waals surface area contributed by atoms with E-state index in [0.717, 1.165) is 5.82 Å². The average molecular weight is 220 g/mol. The van der Waals surface area contributed by atoms with E-state index in [4.69, 9.17) is 0 Å². The van der Waals surface area contributed by atoms with Crippen LogP contribution < -0.4 is 0 Å². The summed E-state index contributed by atoms with van der Waals surface area (Å²) in [6, 6.07) is 0. The molecule has 0 bridgehead atoms. The summed E-state index contributed by atoms with van der Waals surface area (Å²) in [4.78, 5) is 4.40. The molecule has 0 radical (unpaired) electrons. The fraction of sp³-hybridized carbons (Fsp3) is 0.417. The summed E-state index contributed by atoms with van der Waals surface area (Å²) in [6.45, 7) is 6.57. The maximum absolute atomic E-state index is 4.40. The summed E-state index contributed by atoms with van der Waals surface area (Å²) >= 11 is 1.76.